The van der Waals surface area contributed by atoms with E-state index in [9.17, 15) is 5.11 Å². The molecule has 1 N–H and O–H groups in total. The summed E-state index contributed by atoms with van der Waals surface area (Å²) in [5.74, 6) is -0.674. The van der Waals surface area contributed by atoms with Gasteiger partial charge in [0, 0.05) is 5.41 Å². The molecule has 1 aromatic rings. The van der Waals surface area contributed by atoms with Crippen LogP contribution >= 0.6 is 23.2 Å². The van der Waals surface area contributed by atoms with E-state index in [-0.39, 0.29) is 6.10 Å². The van der Waals surface area contributed by atoms with E-state index in [0.29, 0.717) is 15.6 Å². The zero-order valence-corrected chi connectivity index (χ0v) is 14.5. The predicted octanol–water partition coefficient (Wildman–Crippen LogP) is 3.93. The minimum atomic E-state index is -0.842. The molecule has 0 radical (unpaired) electrons. The molecule has 0 amide bonds. The van der Waals surface area contributed by atoms with E-state index < -0.39 is 29.7 Å². The summed E-state index contributed by atoms with van der Waals surface area (Å²) in [4.78, 5) is 0. The van der Waals surface area contributed by atoms with Crippen molar-refractivity contribution in [3.8, 4) is 0 Å². The third kappa shape index (κ3) is 2.66. The van der Waals surface area contributed by atoms with Crippen LogP contribution in [0.2, 0.25) is 10.0 Å². The van der Waals surface area contributed by atoms with Gasteiger partial charge in [0.2, 0.25) is 0 Å². The molecule has 2 aliphatic heterocycles. The second-order valence-corrected chi connectivity index (χ2v) is 7.74. The van der Waals surface area contributed by atoms with Gasteiger partial charge >= 0.3 is 0 Å². The second-order valence-electron chi connectivity index (χ2n) is 6.92. The number of hydrogen-bond donors (Lipinski definition) is 1. The average Bonchev–Trinajstić information content (AvgIpc) is 2.84. The fraction of sp³-hybridized carbons (Fsp3) is 0.625. The van der Waals surface area contributed by atoms with Crippen LogP contribution in [-0.4, -0.2) is 29.4 Å². The van der Waals surface area contributed by atoms with Crippen molar-refractivity contribution in [3.63, 3.8) is 0 Å². The molecule has 6 heteroatoms. The van der Waals surface area contributed by atoms with Crippen LogP contribution in [-0.2, 0) is 14.2 Å². The zero-order valence-electron chi connectivity index (χ0n) is 13.0. The minimum absolute atomic E-state index is 0.232. The number of ether oxygens (including phenoxy) is 3. The van der Waals surface area contributed by atoms with Gasteiger partial charge in [-0.15, -0.1) is 0 Å². The molecule has 22 heavy (non-hydrogen) atoms. The molecule has 2 fully saturated rings. The van der Waals surface area contributed by atoms with Crippen molar-refractivity contribution in [1.82, 2.24) is 0 Å². The number of halogens is 2. The molecule has 4 atom stereocenters. The van der Waals surface area contributed by atoms with Gasteiger partial charge in [-0.05, 0) is 31.5 Å². The molecular weight excluding hydrogens is 327 g/mol. The Balaban J connectivity index is 1.85. The molecule has 2 heterocycles. The van der Waals surface area contributed by atoms with Crippen LogP contribution in [0.5, 0.6) is 0 Å². The molecule has 1 aromatic carbocycles. The van der Waals surface area contributed by atoms with Crippen molar-refractivity contribution in [3.05, 3.63) is 33.8 Å². The van der Waals surface area contributed by atoms with E-state index in [0.717, 1.165) is 0 Å². The summed E-state index contributed by atoms with van der Waals surface area (Å²) in [6.45, 7) is 7.73. The monoisotopic (exact) mass is 346 g/mol. The standard InChI is InChI=1S/C16H20Cl2O4/c1-15(2)12(20-14-13(15)21-16(3,4)22-14)11(19)8-5-6-9(17)10(18)7-8/h5-7,11-14,19H,1-4H3/t11-,12-,13+,14-/m1/s1. The fourth-order valence-electron chi connectivity index (χ4n) is 3.17. The molecule has 2 aliphatic rings. The average molecular weight is 347 g/mol. The van der Waals surface area contributed by atoms with Gasteiger partial charge in [-0.2, -0.15) is 0 Å². The first-order valence-electron chi connectivity index (χ1n) is 7.26. The summed E-state index contributed by atoms with van der Waals surface area (Å²) in [5.41, 5.74) is 0.246. The molecule has 3 rings (SSSR count). The molecule has 4 nitrogen and oxygen atoms in total. The van der Waals surface area contributed by atoms with Crippen molar-refractivity contribution >= 4 is 23.2 Å². The van der Waals surface area contributed by atoms with Gasteiger partial charge in [-0.3, -0.25) is 0 Å². The SMILES string of the molecule is CC1(C)O[C@H]2O[C@H]([C@H](O)c3ccc(Cl)c(Cl)c3)C(C)(C)[C@H]2O1. The third-order valence-corrected chi connectivity index (χ3v) is 5.12. The molecule has 0 bridgehead atoms. The Kier molecular flexibility index (Phi) is 4.00. The lowest BCUT2D eigenvalue weighted by Gasteiger charge is -2.34. The van der Waals surface area contributed by atoms with Crippen molar-refractivity contribution < 1.29 is 19.3 Å². The van der Waals surface area contributed by atoms with Crippen LogP contribution in [0.15, 0.2) is 18.2 Å². The highest BCUT2D eigenvalue weighted by Crippen LogP contribution is 2.51. The van der Waals surface area contributed by atoms with Crippen molar-refractivity contribution in [1.29, 1.82) is 0 Å². The lowest BCUT2D eigenvalue weighted by atomic mass is 9.79. The highest BCUT2D eigenvalue weighted by molar-refractivity contribution is 6.42. The van der Waals surface area contributed by atoms with Crippen molar-refractivity contribution in [2.45, 2.75) is 58.1 Å². The Morgan fingerprint density at radius 1 is 1.09 bits per heavy atom. The Morgan fingerprint density at radius 2 is 1.77 bits per heavy atom. The molecule has 0 unspecified atom stereocenters. The van der Waals surface area contributed by atoms with Crippen LogP contribution < -0.4 is 0 Å². The fourth-order valence-corrected chi connectivity index (χ4v) is 3.47. The molecule has 0 saturated carbocycles. The van der Waals surface area contributed by atoms with Gasteiger partial charge in [0.25, 0.3) is 0 Å². The quantitative estimate of drug-likeness (QED) is 0.881. The number of aliphatic hydroxyl groups excluding tert-OH is 1. The second kappa shape index (κ2) is 5.33. The normalized spacial score (nSPS) is 33.7. The lowest BCUT2D eigenvalue weighted by Crippen LogP contribution is -2.40. The molecule has 0 spiro atoms. The van der Waals surface area contributed by atoms with E-state index in [1.165, 1.54) is 0 Å². The van der Waals surface area contributed by atoms with Gasteiger partial charge in [0.05, 0.1) is 16.1 Å². The number of fused-ring (bicyclic) bond motifs is 1. The zero-order chi connectivity index (χ0) is 16.3. The summed E-state index contributed by atoms with van der Waals surface area (Å²) in [6.07, 6.45) is -2.01. The first kappa shape index (κ1) is 16.5. The molecular formula is C16H20Cl2O4. The summed E-state index contributed by atoms with van der Waals surface area (Å²) < 4.78 is 17.7. The maximum absolute atomic E-state index is 10.7. The summed E-state index contributed by atoms with van der Waals surface area (Å²) in [6, 6.07) is 5.08. The van der Waals surface area contributed by atoms with E-state index in [1.54, 1.807) is 18.2 Å². The van der Waals surface area contributed by atoms with Crippen LogP contribution in [0, 0.1) is 5.41 Å². The smallest absolute Gasteiger partial charge is 0.188 e. The number of benzene rings is 1. The Hall–Kier alpha value is -0.360. The lowest BCUT2D eigenvalue weighted by molar-refractivity contribution is -0.228. The molecule has 0 aliphatic carbocycles. The third-order valence-electron chi connectivity index (χ3n) is 4.38. The first-order chi connectivity index (χ1) is 10.1. The van der Waals surface area contributed by atoms with Gasteiger partial charge in [0.1, 0.15) is 12.2 Å². The highest BCUT2D eigenvalue weighted by atomic mass is 35.5. The first-order valence-corrected chi connectivity index (χ1v) is 8.01. The maximum Gasteiger partial charge on any atom is 0.188 e. The van der Waals surface area contributed by atoms with Crippen LogP contribution in [0.1, 0.15) is 39.4 Å². The van der Waals surface area contributed by atoms with E-state index in [2.05, 4.69) is 0 Å². The summed E-state index contributed by atoms with van der Waals surface area (Å²) >= 11 is 12.0. The van der Waals surface area contributed by atoms with E-state index in [4.69, 9.17) is 37.4 Å². The number of rotatable bonds is 2. The van der Waals surface area contributed by atoms with Crippen LogP contribution in [0.3, 0.4) is 0 Å². The number of aliphatic hydroxyl groups is 1. The topological polar surface area (TPSA) is 47.9 Å². The maximum atomic E-state index is 10.7. The largest absolute Gasteiger partial charge is 0.386 e. The minimum Gasteiger partial charge on any atom is -0.386 e. The number of hydrogen-bond acceptors (Lipinski definition) is 4. The Morgan fingerprint density at radius 3 is 2.36 bits per heavy atom. The van der Waals surface area contributed by atoms with Crippen LogP contribution in [0.25, 0.3) is 0 Å². The molecule has 122 valence electrons. The Bertz CT molecular complexity index is 588. The summed E-state index contributed by atoms with van der Waals surface area (Å²) in [7, 11) is 0. The predicted molar refractivity (Wildman–Crippen MR) is 83.9 cm³/mol. The Labute approximate surface area is 140 Å². The van der Waals surface area contributed by atoms with Crippen LogP contribution in [0.4, 0.5) is 0 Å². The summed E-state index contributed by atoms with van der Waals surface area (Å²) in [5, 5.41) is 11.6. The van der Waals surface area contributed by atoms with Gasteiger partial charge in [-0.25, -0.2) is 0 Å². The van der Waals surface area contributed by atoms with Crippen molar-refractivity contribution in [2.75, 3.05) is 0 Å². The van der Waals surface area contributed by atoms with Gasteiger partial charge in [0.15, 0.2) is 12.1 Å². The highest BCUT2D eigenvalue weighted by Gasteiger charge is 2.60. The van der Waals surface area contributed by atoms with E-state index >= 15 is 0 Å². The molecule has 0 aromatic heterocycles. The van der Waals surface area contributed by atoms with Gasteiger partial charge < -0.3 is 19.3 Å². The van der Waals surface area contributed by atoms with E-state index in [1.807, 2.05) is 27.7 Å². The van der Waals surface area contributed by atoms with Crippen molar-refractivity contribution in [2.24, 2.45) is 5.41 Å². The van der Waals surface area contributed by atoms with Gasteiger partial charge in [-0.1, -0.05) is 43.1 Å². The molecule has 2 saturated heterocycles.